The Bertz CT molecular complexity index is 777. The highest BCUT2D eigenvalue weighted by Crippen LogP contribution is 2.12. The number of aromatic nitrogens is 2. The van der Waals surface area contributed by atoms with E-state index in [0.29, 0.717) is 11.2 Å². The van der Waals surface area contributed by atoms with Crippen molar-refractivity contribution in [1.29, 1.82) is 0 Å². The quantitative estimate of drug-likeness (QED) is 0.334. The van der Waals surface area contributed by atoms with Crippen molar-refractivity contribution in [2.24, 2.45) is 5.10 Å². The molecule has 21 heavy (non-hydrogen) atoms. The van der Waals surface area contributed by atoms with E-state index in [0.717, 1.165) is 5.52 Å². The lowest BCUT2D eigenvalue weighted by Crippen LogP contribution is -2.17. The molecule has 7 heteroatoms. The van der Waals surface area contributed by atoms with Gasteiger partial charge in [0.25, 0.3) is 0 Å². The largest absolute Gasteiger partial charge is 0.430 e. The molecule has 104 valence electrons. The highest BCUT2D eigenvalue weighted by molar-refractivity contribution is 5.93. The fourth-order valence-electron chi connectivity index (χ4n) is 1.87. The Morgan fingerprint density at radius 1 is 1.14 bits per heavy atom. The van der Waals surface area contributed by atoms with Crippen molar-refractivity contribution < 1.29 is 4.92 Å². The molecule has 0 bridgehead atoms. The number of nitrogens with one attached hydrogen (secondary N) is 2. The lowest BCUT2D eigenvalue weighted by atomic mass is 10.3. The van der Waals surface area contributed by atoms with Crippen molar-refractivity contribution in [2.45, 2.75) is 0 Å². The van der Waals surface area contributed by atoms with Gasteiger partial charge in [-0.2, -0.15) is 5.43 Å². The van der Waals surface area contributed by atoms with Crippen LogP contribution < -0.4 is 5.43 Å². The second-order valence-corrected chi connectivity index (χ2v) is 4.27. The van der Waals surface area contributed by atoms with Gasteiger partial charge in [-0.1, -0.05) is 30.3 Å². The number of H-pyrrole nitrogens is 1. The molecule has 0 aliphatic rings. The minimum Gasteiger partial charge on any atom is -0.358 e. The number of fused-ring (bicyclic) bond motifs is 1. The first-order chi connectivity index (χ1) is 10.2. The van der Waals surface area contributed by atoms with E-state index < -0.39 is 4.92 Å². The maximum atomic E-state index is 11.2. The SMILES string of the molecule is O=[N+]([O-])/C(=N\Nc1ccccc1)c1nc2ccccc2[nH]1. The van der Waals surface area contributed by atoms with Gasteiger partial charge in [0.2, 0.25) is 5.82 Å². The monoisotopic (exact) mass is 281 g/mol. The molecule has 0 aliphatic carbocycles. The predicted molar refractivity (Wildman–Crippen MR) is 79.7 cm³/mol. The van der Waals surface area contributed by atoms with E-state index in [9.17, 15) is 10.1 Å². The highest BCUT2D eigenvalue weighted by atomic mass is 16.6. The van der Waals surface area contributed by atoms with E-state index in [4.69, 9.17) is 0 Å². The van der Waals surface area contributed by atoms with Crippen LogP contribution in [0.2, 0.25) is 0 Å². The van der Waals surface area contributed by atoms with Gasteiger partial charge in [0, 0.05) is 0 Å². The molecule has 0 fully saturated rings. The Hall–Kier alpha value is -3.22. The summed E-state index contributed by atoms with van der Waals surface area (Å²) >= 11 is 0. The maximum absolute atomic E-state index is 11.2. The lowest BCUT2D eigenvalue weighted by Gasteiger charge is -1.96. The molecule has 0 aliphatic heterocycles. The Labute approximate surface area is 119 Å². The molecule has 2 N–H and O–H groups in total. The molecule has 0 atom stereocenters. The fraction of sp³-hybridized carbons (Fsp3) is 0. The van der Waals surface area contributed by atoms with Crippen LogP contribution in [0.5, 0.6) is 0 Å². The van der Waals surface area contributed by atoms with Crippen LogP contribution in [0.1, 0.15) is 5.82 Å². The smallest absolute Gasteiger partial charge is 0.358 e. The van der Waals surface area contributed by atoms with Gasteiger partial charge in [0.1, 0.15) is 0 Å². The zero-order chi connectivity index (χ0) is 14.7. The minimum absolute atomic E-state index is 0.115. The van der Waals surface area contributed by atoms with E-state index in [2.05, 4.69) is 20.5 Å². The lowest BCUT2D eigenvalue weighted by molar-refractivity contribution is -0.349. The molecule has 2 aromatic carbocycles. The molecule has 0 saturated heterocycles. The number of hydrazone groups is 1. The van der Waals surface area contributed by atoms with Crippen molar-refractivity contribution in [3.8, 4) is 0 Å². The van der Waals surface area contributed by atoms with Crippen molar-refractivity contribution in [2.75, 3.05) is 5.43 Å². The summed E-state index contributed by atoms with van der Waals surface area (Å²) in [7, 11) is 0. The van der Waals surface area contributed by atoms with E-state index in [1.165, 1.54) is 0 Å². The molecule has 0 saturated carbocycles. The van der Waals surface area contributed by atoms with E-state index in [-0.39, 0.29) is 11.7 Å². The zero-order valence-corrected chi connectivity index (χ0v) is 10.9. The normalized spacial score (nSPS) is 11.5. The summed E-state index contributed by atoms with van der Waals surface area (Å²) in [5.74, 6) is -0.250. The number of hydrogen-bond acceptors (Lipinski definition) is 5. The van der Waals surface area contributed by atoms with E-state index in [1.807, 2.05) is 30.3 Å². The molecule has 7 nitrogen and oxygen atoms in total. The first kappa shape index (κ1) is 12.8. The second-order valence-electron chi connectivity index (χ2n) is 4.27. The van der Waals surface area contributed by atoms with Gasteiger partial charge >= 0.3 is 5.84 Å². The topological polar surface area (TPSA) is 96.2 Å². The van der Waals surface area contributed by atoms with Gasteiger partial charge in [-0.05, 0) is 29.2 Å². The third-order valence-electron chi connectivity index (χ3n) is 2.84. The standard InChI is InChI=1S/C14H11N5O2/c20-19(21)14(18-17-10-6-2-1-3-7-10)13-15-11-8-4-5-9-12(11)16-13/h1-9,17H,(H,15,16)/b18-14-. The number of nitro groups is 1. The summed E-state index contributed by atoms with van der Waals surface area (Å²) in [5.41, 5.74) is 4.69. The van der Waals surface area contributed by atoms with E-state index in [1.54, 1.807) is 24.3 Å². The van der Waals surface area contributed by atoms with Crippen molar-refractivity contribution in [1.82, 2.24) is 9.97 Å². The number of rotatable bonds is 3. The number of para-hydroxylation sites is 3. The number of nitrogens with zero attached hydrogens (tertiary/aromatic N) is 3. The van der Waals surface area contributed by atoms with Crippen LogP contribution in [-0.4, -0.2) is 20.7 Å². The summed E-state index contributed by atoms with van der Waals surface area (Å²) < 4.78 is 0. The minimum atomic E-state index is -0.576. The average Bonchev–Trinajstić information content (AvgIpc) is 2.91. The predicted octanol–water partition coefficient (Wildman–Crippen LogP) is 2.61. The van der Waals surface area contributed by atoms with Crippen LogP contribution >= 0.6 is 0 Å². The third kappa shape index (κ3) is 2.71. The average molecular weight is 281 g/mol. The number of imidazole rings is 1. The summed E-state index contributed by atoms with van der Waals surface area (Å²) in [6, 6.07) is 16.2. The zero-order valence-electron chi connectivity index (χ0n) is 10.9. The first-order valence-corrected chi connectivity index (χ1v) is 6.22. The van der Waals surface area contributed by atoms with Crippen LogP contribution in [0, 0.1) is 10.1 Å². The van der Waals surface area contributed by atoms with Gasteiger partial charge in [-0.3, -0.25) is 0 Å². The summed E-state index contributed by atoms with van der Waals surface area (Å²) in [6.45, 7) is 0. The number of amidine groups is 1. The molecule has 1 heterocycles. The number of benzene rings is 2. The molecule has 0 radical (unpaired) electrons. The summed E-state index contributed by atoms with van der Waals surface area (Å²) in [6.07, 6.45) is 0. The number of hydrogen-bond donors (Lipinski definition) is 2. The third-order valence-corrected chi connectivity index (χ3v) is 2.84. The molecule has 0 unspecified atom stereocenters. The highest BCUT2D eigenvalue weighted by Gasteiger charge is 2.21. The van der Waals surface area contributed by atoms with Crippen LogP contribution in [0.25, 0.3) is 11.0 Å². The van der Waals surface area contributed by atoms with Crippen molar-refractivity contribution >= 4 is 22.6 Å². The molecular formula is C14H11N5O2. The van der Waals surface area contributed by atoms with Gasteiger partial charge < -0.3 is 15.1 Å². The molecular weight excluding hydrogens is 270 g/mol. The van der Waals surface area contributed by atoms with Crippen LogP contribution in [0.15, 0.2) is 59.7 Å². The second kappa shape index (κ2) is 5.41. The van der Waals surface area contributed by atoms with Crippen LogP contribution in [0.3, 0.4) is 0 Å². The molecule has 3 rings (SSSR count). The Morgan fingerprint density at radius 2 is 1.86 bits per heavy atom. The van der Waals surface area contributed by atoms with Gasteiger partial charge in [0.15, 0.2) is 0 Å². The number of aromatic amines is 1. The van der Waals surface area contributed by atoms with E-state index >= 15 is 0 Å². The number of anilines is 1. The molecule has 1 aromatic heterocycles. The summed E-state index contributed by atoms with van der Waals surface area (Å²) in [5, 5.41) is 15.0. The Balaban J connectivity index is 1.96. The van der Waals surface area contributed by atoms with Gasteiger partial charge in [0.05, 0.1) is 21.8 Å². The van der Waals surface area contributed by atoms with Crippen molar-refractivity contribution in [3.05, 3.63) is 70.5 Å². The Kier molecular flexibility index (Phi) is 3.30. The van der Waals surface area contributed by atoms with Gasteiger partial charge in [-0.15, -0.1) is 0 Å². The molecule has 3 aromatic rings. The van der Waals surface area contributed by atoms with Gasteiger partial charge in [-0.25, -0.2) is 4.98 Å². The summed E-state index contributed by atoms with van der Waals surface area (Å²) in [4.78, 5) is 17.7. The fourth-order valence-corrected chi connectivity index (χ4v) is 1.87. The van der Waals surface area contributed by atoms with Crippen LogP contribution in [-0.2, 0) is 0 Å². The van der Waals surface area contributed by atoms with Crippen molar-refractivity contribution in [3.63, 3.8) is 0 Å². The Morgan fingerprint density at radius 3 is 2.57 bits per heavy atom. The first-order valence-electron chi connectivity index (χ1n) is 6.22. The molecule has 0 spiro atoms. The van der Waals surface area contributed by atoms with Crippen LogP contribution in [0.4, 0.5) is 5.69 Å². The molecule has 0 amide bonds. The maximum Gasteiger partial charge on any atom is 0.430 e.